The van der Waals surface area contributed by atoms with Crippen LogP contribution in [0.1, 0.15) is 35.7 Å². The summed E-state index contributed by atoms with van der Waals surface area (Å²) in [4.78, 5) is 26.5. The van der Waals surface area contributed by atoms with Gasteiger partial charge in [0.05, 0.1) is 23.6 Å². The Balaban J connectivity index is 1.90. The second-order valence-corrected chi connectivity index (χ2v) is 7.08. The Morgan fingerprint density at radius 1 is 1.17 bits per heavy atom. The molecule has 0 unspecified atom stereocenters. The van der Waals surface area contributed by atoms with Crippen molar-refractivity contribution in [3.05, 3.63) is 64.0 Å². The molecule has 0 spiro atoms. The van der Waals surface area contributed by atoms with E-state index in [0.29, 0.717) is 34.4 Å². The molecule has 7 nitrogen and oxygen atoms in total. The average Bonchev–Trinajstić information content (AvgIpc) is 2.76. The van der Waals surface area contributed by atoms with Crippen molar-refractivity contribution >= 4 is 16.9 Å². The number of phenols is 1. The Bertz CT molecular complexity index is 1090. The van der Waals surface area contributed by atoms with Gasteiger partial charge in [0.2, 0.25) is 11.2 Å². The number of aromatic hydroxyl groups is 1. The number of esters is 1. The molecule has 3 rings (SSSR count). The maximum atomic E-state index is 12.9. The lowest BCUT2D eigenvalue weighted by Crippen LogP contribution is -2.19. The number of carbonyl (C=O) groups is 1. The number of ether oxygens (including phenoxy) is 2. The SMILES string of the molecule is CCCCN(C)Cc1c(O)ccc2c(=O)c(Oc3ccc(C(=O)OC)cc3)coc12. The van der Waals surface area contributed by atoms with Gasteiger partial charge >= 0.3 is 5.97 Å². The summed E-state index contributed by atoms with van der Waals surface area (Å²) in [6, 6.07) is 9.26. The van der Waals surface area contributed by atoms with Gasteiger partial charge in [0.1, 0.15) is 23.3 Å². The lowest BCUT2D eigenvalue weighted by Gasteiger charge is -2.18. The second kappa shape index (κ2) is 9.45. The molecular weight excluding hydrogens is 386 g/mol. The highest BCUT2D eigenvalue weighted by atomic mass is 16.5. The van der Waals surface area contributed by atoms with Crippen molar-refractivity contribution in [3.8, 4) is 17.2 Å². The Kier molecular flexibility index (Phi) is 6.74. The molecule has 1 N–H and O–H groups in total. The maximum absolute atomic E-state index is 12.9. The van der Waals surface area contributed by atoms with Crippen molar-refractivity contribution in [2.75, 3.05) is 20.7 Å². The number of rotatable bonds is 8. The van der Waals surface area contributed by atoms with Crippen LogP contribution in [0.4, 0.5) is 0 Å². The third kappa shape index (κ3) is 4.63. The third-order valence-electron chi connectivity index (χ3n) is 4.81. The molecule has 0 aliphatic heterocycles. The zero-order chi connectivity index (χ0) is 21.7. The molecule has 0 saturated carbocycles. The molecule has 0 atom stereocenters. The van der Waals surface area contributed by atoms with Gasteiger partial charge in [0.15, 0.2) is 0 Å². The Morgan fingerprint density at radius 2 is 1.90 bits per heavy atom. The molecule has 0 radical (unpaired) electrons. The van der Waals surface area contributed by atoms with Crippen LogP contribution >= 0.6 is 0 Å². The summed E-state index contributed by atoms with van der Waals surface area (Å²) >= 11 is 0. The molecule has 1 aromatic heterocycles. The van der Waals surface area contributed by atoms with E-state index in [-0.39, 0.29) is 16.9 Å². The molecule has 2 aromatic carbocycles. The smallest absolute Gasteiger partial charge is 0.337 e. The van der Waals surface area contributed by atoms with Crippen LogP contribution in [-0.2, 0) is 11.3 Å². The van der Waals surface area contributed by atoms with E-state index in [2.05, 4.69) is 16.6 Å². The van der Waals surface area contributed by atoms with E-state index in [1.165, 1.54) is 25.5 Å². The monoisotopic (exact) mass is 411 g/mol. The number of unbranched alkanes of at least 4 members (excludes halogenated alkanes) is 1. The minimum atomic E-state index is -0.456. The number of benzene rings is 2. The molecule has 158 valence electrons. The van der Waals surface area contributed by atoms with Gasteiger partial charge in [-0.2, -0.15) is 0 Å². The first-order valence-electron chi connectivity index (χ1n) is 9.75. The first kappa shape index (κ1) is 21.4. The van der Waals surface area contributed by atoms with Crippen LogP contribution < -0.4 is 10.2 Å². The summed E-state index contributed by atoms with van der Waals surface area (Å²) in [5.74, 6) is 0.0287. The molecule has 0 aliphatic carbocycles. The van der Waals surface area contributed by atoms with Crippen LogP contribution in [0.3, 0.4) is 0 Å². The summed E-state index contributed by atoms with van der Waals surface area (Å²) in [7, 11) is 3.27. The molecule has 0 amide bonds. The summed E-state index contributed by atoms with van der Waals surface area (Å²) in [5.41, 5.74) is 0.947. The molecule has 7 heteroatoms. The molecule has 0 saturated heterocycles. The van der Waals surface area contributed by atoms with Crippen molar-refractivity contribution in [2.45, 2.75) is 26.3 Å². The summed E-state index contributed by atoms with van der Waals surface area (Å²) in [5, 5.41) is 10.6. The minimum absolute atomic E-state index is 0.0179. The van der Waals surface area contributed by atoms with Gasteiger partial charge in [-0.15, -0.1) is 0 Å². The predicted molar refractivity (Wildman–Crippen MR) is 113 cm³/mol. The molecule has 0 aliphatic rings. The standard InChI is InChI=1S/C23H25NO6/c1-4-5-12-24(2)13-18-19(25)11-10-17-21(26)20(14-29-22(17)18)30-16-8-6-15(7-9-16)23(27)28-3/h6-11,14,25H,4-5,12-13H2,1-3H3. The highest BCUT2D eigenvalue weighted by Crippen LogP contribution is 2.29. The van der Waals surface area contributed by atoms with Gasteiger partial charge in [0.25, 0.3) is 0 Å². The minimum Gasteiger partial charge on any atom is -0.507 e. The van der Waals surface area contributed by atoms with Crippen LogP contribution in [0.2, 0.25) is 0 Å². The fraction of sp³-hybridized carbons (Fsp3) is 0.304. The first-order chi connectivity index (χ1) is 14.4. The van der Waals surface area contributed by atoms with Gasteiger partial charge in [-0.3, -0.25) is 4.79 Å². The van der Waals surface area contributed by atoms with Crippen molar-refractivity contribution in [1.82, 2.24) is 4.90 Å². The van der Waals surface area contributed by atoms with Gasteiger partial charge in [0, 0.05) is 6.54 Å². The quantitative estimate of drug-likeness (QED) is 0.553. The lowest BCUT2D eigenvalue weighted by atomic mass is 10.1. The first-order valence-corrected chi connectivity index (χ1v) is 9.75. The predicted octanol–water partition coefficient (Wildman–Crippen LogP) is 4.31. The molecule has 30 heavy (non-hydrogen) atoms. The van der Waals surface area contributed by atoms with E-state index in [1.807, 2.05) is 7.05 Å². The van der Waals surface area contributed by atoms with E-state index in [9.17, 15) is 14.7 Å². The number of carbonyl (C=O) groups excluding carboxylic acids is 1. The number of fused-ring (bicyclic) bond motifs is 1. The van der Waals surface area contributed by atoms with E-state index >= 15 is 0 Å². The lowest BCUT2D eigenvalue weighted by molar-refractivity contribution is 0.0600. The number of nitrogens with zero attached hydrogens (tertiary/aromatic N) is 1. The van der Waals surface area contributed by atoms with Gasteiger partial charge in [-0.25, -0.2) is 4.79 Å². The fourth-order valence-electron chi connectivity index (χ4n) is 3.13. The molecule has 3 aromatic rings. The van der Waals surface area contributed by atoms with Crippen molar-refractivity contribution in [2.24, 2.45) is 0 Å². The number of methoxy groups -OCH3 is 1. The Labute approximate surface area is 174 Å². The number of hydrogen-bond acceptors (Lipinski definition) is 7. The summed E-state index contributed by atoms with van der Waals surface area (Å²) < 4.78 is 16.0. The van der Waals surface area contributed by atoms with Crippen LogP contribution in [0.25, 0.3) is 11.0 Å². The summed E-state index contributed by atoms with van der Waals surface area (Å²) in [6.45, 7) is 3.45. The number of hydrogen-bond donors (Lipinski definition) is 1. The van der Waals surface area contributed by atoms with Crippen LogP contribution in [0.5, 0.6) is 17.2 Å². The largest absolute Gasteiger partial charge is 0.507 e. The van der Waals surface area contributed by atoms with Crippen molar-refractivity contribution in [1.29, 1.82) is 0 Å². The van der Waals surface area contributed by atoms with Gasteiger partial charge < -0.3 is 23.9 Å². The average molecular weight is 411 g/mol. The van der Waals surface area contributed by atoms with Gasteiger partial charge in [-0.1, -0.05) is 13.3 Å². The second-order valence-electron chi connectivity index (χ2n) is 7.08. The van der Waals surface area contributed by atoms with E-state index in [1.54, 1.807) is 24.3 Å². The van der Waals surface area contributed by atoms with Crippen molar-refractivity contribution in [3.63, 3.8) is 0 Å². The topological polar surface area (TPSA) is 89.2 Å². The molecule has 0 bridgehead atoms. The Morgan fingerprint density at radius 3 is 2.57 bits per heavy atom. The van der Waals surface area contributed by atoms with Crippen molar-refractivity contribution < 1.29 is 23.8 Å². The van der Waals surface area contributed by atoms with E-state index < -0.39 is 5.97 Å². The molecule has 1 heterocycles. The van der Waals surface area contributed by atoms with Crippen LogP contribution in [-0.4, -0.2) is 36.7 Å². The highest BCUT2D eigenvalue weighted by molar-refractivity contribution is 5.89. The third-order valence-corrected chi connectivity index (χ3v) is 4.81. The fourth-order valence-corrected chi connectivity index (χ4v) is 3.13. The van der Waals surface area contributed by atoms with Crippen LogP contribution in [0, 0.1) is 0 Å². The van der Waals surface area contributed by atoms with Gasteiger partial charge in [-0.05, 0) is 56.4 Å². The Hall–Kier alpha value is -3.32. The zero-order valence-electron chi connectivity index (χ0n) is 17.3. The van der Waals surface area contributed by atoms with Crippen LogP contribution in [0.15, 0.2) is 51.9 Å². The zero-order valence-corrected chi connectivity index (χ0v) is 17.3. The maximum Gasteiger partial charge on any atom is 0.337 e. The number of phenolic OH excluding ortho intramolecular Hbond substituents is 1. The summed E-state index contributed by atoms with van der Waals surface area (Å²) in [6.07, 6.45) is 3.36. The normalized spacial score (nSPS) is 11.1. The van der Waals surface area contributed by atoms with E-state index in [4.69, 9.17) is 9.15 Å². The molecular formula is C23H25NO6. The molecule has 0 fully saturated rings. The van der Waals surface area contributed by atoms with E-state index in [0.717, 1.165) is 19.4 Å². The highest BCUT2D eigenvalue weighted by Gasteiger charge is 2.17.